The van der Waals surface area contributed by atoms with E-state index in [-0.39, 0.29) is 23.4 Å². The van der Waals surface area contributed by atoms with Gasteiger partial charge in [0.15, 0.2) is 6.54 Å². The van der Waals surface area contributed by atoms with E-state index in [1.54, 1.807) is 12.1 Å². The second-order valence-corrected chi connectivity index (χ2v) is 10.2. The molecule has 0 aliphatic heterocycles. The van der Waals surface area contributed by atoms with Crippen molar-refractivity contribution in [2.45, 2.75) is 44.6 Å². The number of carbonyl (C=O) groups is 1. The van der Waals surface area contributed by atoms with Gasteiger partial charge in [-0.2, -0.15) is 0 Å². The highest BCUT2D eigenvalue weighted by Gasteiger charge is 2.21. The smallest absolute Gasteiger partial charge is 0.279 e. The highest BCUT2D eigenvalue weighted by Crippen LogP contribution is 2.19. The van der Waals surface area contributed by atoms with E-state index in [9.17, 15) is 13.2 Å². The predicted octanol–water partition coefficient (Wildman–Crippen LogP) is 2.79. The maximum Gasteiger partial charge on any atom is 0.279 e. The molecule has 0 fully saturated rings. The summed E-state index contributed by atoms with van der Waals surface area (Å²) in [4.78, 5) is 12.6. The number of carbonyl (C=O) groups excluding carboxylic acids is 1. The number of aryl methyl sites for hydroxylation is 1. The van der Waals surface area contributed by atoms with Crippen molar-refractivity contribution in [3.05, 3.63) is 59.7 Å². The van der Waals surface area contributed by atoms with Crippen LogP contribution in [0.1, 0.15) is 44.4 Å². The van der Waals surface area contributed by atoms with Gasteiger partial charge in [-0.25, -0.2) is 12.7 Å². The predicted molar refractivity (Wildman–Crippen MR) is 121 cm³/mol. The second kappa shape index (κ2) is 10.7. The van der Waals surface area contributed by atoms with E-state index < -0.39 is 10.0 Å². The van der Waals surface area contributed by atoms with Crippen molar-refractivity contribution in [2.75, 3.05) is 26.0 Å². The number of amides is 1. The van der Waals surface area contributed by atoms with E-state index in [4.69, 9.17) is 0 Å². The van der Waals surface area contributed by atoms with Crippen LogP contribution in [0.4, 0.5) is 5.69 Å². The van der Waals surface area contributed by atoms with Crippen molar-refractivity contribution in [3.8, 4) is 0 Å². The zero-order valence-corrected chi connectivity index (χ0v) is 19.4. The maximum absolute atomic E-state index is 12.4. The van der Waals surface area contributed by atoms with Crippen LogP contribution in [0.15, 0.2) is 53.4 Å². The molecule has 0 heterocycles. The Morgan fingerprint density at radius 3 is 2.13 bits per heavy atom. The normalized spacial score (nSPS) is 12.9. The molecule has 164 valence electrons. The number of benzene rings is 2. The fraction of sp³-hybridized carbons (Fsp3) is 0.435. The Bertz CT molecular complexity index is 921. The third-order valence-electron chi connectivity index (χ3n) is 5.10. The maximum atomic E-state index is 12.4. The van der Waals surface area contributed by atoms with Gasteiger partial charge in [0.05, 0.1) is 4.90 Å². The van der Waals surface area contributed by atoms with Crippen LogP contribution >= 0.6 is 0 Å². The van der Waals surface area contributed by atoms with Crippen LogP contribution in [-0.4, -0.2) is 39.3 Å². The minimum Gasteiger partial charge on any atom is -0.332 e. The molecule has 0 aliphatic carbocycles. The van der Waals surface area contributed by atoms with Gasteiger partial charge in [0.2, 0.25) is 10.0 Å². The van der Waals surface area contributed by atoms with Crippen molar-refractivity contribution in [2.24, 2.45) is 5.92 Å². The van der Waals surface area contributed by atoms with Crippen LogP contribution in [0.25, 0.3) is 0 Å². The standard InChI is InChI=1S/C23H33N3O3S/c1-6-7-18-8-10-19(11-9-18)23(17(2)3)24-16-22(27)25-20-12-14-21(15-13-20)30(28,29)26(4)5/h8-15,17,23-24H,6-7,16H2,1-5H3,(H,25,27)/p+1/t23-/m0/s1. The van der Waals surface area contributed by atoms with Gasteiger partial charge in [-0.1, -0.05) is 51.5 Å². The monoisotopic (exact) mass is 432 g/mol. The first-order valence-corrected chi connectivity index (χ1v) is 11.8. The molecule has 3 N–H and O–H groups in total. The van der Waals surface area contributed by atoms with Gasteiger partial charge in [-0.15, -0.1) is 0 Å². The van der Waals surface area contributed by atoms with E-state index in [1.807, 2.05) is 0 Å². The molecule has 0 spiro atoms. The van der Waals surface area contributed by atoms with Gasteiger partial charge in [-0.3, -0.25) is 4.79 Å². The Balaban J connectivity index is 1.98. The van der Waals surface area contributed by atoms with Gasteiger partial charge < -0.3 is 10.6 Å². The number of anilines is 1. The lowest BCUT2D eigenvalue weighted by atomic mass is 9.94. The van der Waals surface area contributed by atoms with E-state index >= 15 is 0 Å². The third-order valence-corrected chi connectivity index (χ3v) is 6.92. The molecule has 0 aromatic heterocycles. The van der Waals surface area contributed by atoms with E-state index in [0.717, 1.165) is 17.1 Å². The Morgan fingerprint density at radius 1 is 1.03 bits per heavy atom. The van der Waals surface area contributed by atoms with Crippen LogP contribution in [0.5, 0.6) is 0 Å². The van der Waals surface area contributed by atoms with Crippen molar-refractivity contribution < 1.29 is 18.5 Å². The highest BCUT2D eigenvalue weighted by atomic mass is 32.2. The van der Waals surface area contributed by atoms with Crippen molar-refractivity contribution >= 4 is 21.6 Å². The number of quaternary nitrogens is 1. The zero-order valence-electron chi connectivity index (χ0n) is 18.6. The molecule has 2 aromatic rings. The molecule has 2 rings (SSSR count). The molecule has 7 heteroatoms. The summed E-state index contributed by atoms with van der Waals surface area (Å²) in [5.74, 6) is 0.261. The van der Waals surface area contributed by atoms with Crippen LogP contribution < -0.4 is 10.6 Å². The molecule has 1 amide bonds. The average molecular weight is 433 g/mol. The molecule has 0 bridgehead atoms. The molecule has 2 aromatic carbocycles. The summed E-state index contributed by atoms with van der Waals surface area (Å²) in [5.41, 5.74) is 3.13. The molecule has 6 nitrogen and oxygen atoms in total. The van der Waals surface area contributed by atoms with Gasteiger partial charge in [0.25, 0.3) is 5.91 Å². The second-order valence-electron chi connectivity index (χ2n) is 8.06. The topological polar surface area (TPSA) is 83.1 Å². The summed E-state index contributed by atoms with van der Waals surface area (Å²) in [6.45, 7) is 6.77. The summed E-state index contributed by atoms with van der Waals surface area (Å²) >= 11 is 0. The number of nitrogens with zero attached hydrogens (tertiary/aromatic N) is 1. The number of sulfonamides is 1. The fourth-order valence-corrected chi connectivity index (χ4v) is 4.26. The van der Waals surface area contributed by atoms with Crippen molar-refractivity contribution in [1.82, 2.24) is 4.31 Å². The Kier molecular flexibility index (Phi) is 8.58. The first-order chi connectivity index (χ1) is 14.1. The first kappa shape index (κ1) is 24.1. The lowest BCUT2D eigenvalue weighted by Crippen LogP contribution is -2.88. The molecule has 0 saturated carbocycles. The molecule has 0 radical (unpaired) electrons. The molecule has 1 atom stereocenters. The highest BCUT2D eigenvalue weighted by molar-refractivity contribution is 7.89. The summed E-state index contributed by atoms with van der Waals surface area (Å²) < 4.78 is 25.4. The Hall–Kier alpha value is -2.22. The number of nitrogens with one attached hydrogen (secondary N) is 1. The fourth-order valence-electron chi connectivity index (χ4n) is 3.36. The van der Waals surface area contributed by atoms with E-state index in [1.165, 1.54) is 37.4 Å². The summed E-state index contributed by atoms with van der Waals surface area (Å²) in [6, 6.07) is 15.1. The largest absolute Gasteiger partial charge is 0.332 e. The molecule has 0 unspecified atom stereocenters. The number of hydrogen-bond donors (Lipinski definition) is 2. The number of hydrogen-bond acceptors (Lipinski definition) is 3. The van der Waals surface area contributed by atoms with Gasteiger partial charge in [0, 0.05) is 31.3 Å². The van der Waals surface area contributed by atoms with E-state index in [0.29, 0.717) is 11.6 Å². The van der Waals surface area contributed by atoms with Gasteiger partial charge >= 0.3 is 0 Å². The number of rotatable bonds is 10. The minimum atomic E-state index is -3.48. The van der Waals surface area contributed by atoms with Crippen LogP contribution in [0.3, 0.4) is 0 Å². The zero-order chi connectivity index (χ0) is 22.3. The Labute approximate surface area is 180 Å². The lowest BCUT2D eigenvalue weighted by Gasteiger charge is -2.20. The SMILES string of the molecule is CCCc1ccc([C@@H]([NH2+]CC(=O)Nc2ccc(S(=O)(=O)N(C)C)cc2)C(C)C)cc1. The molecule has 0 saturated heterocycles. The quantitative estimate of drug-likeness (QED) is 0.606. The Morgan fingerprint density at radius 2 is 1.63 bits per heavy atom. The average Bonchev–Trinajstić information content (AvgIpc) is 2.69. The van der Waals surface area contributed by atoms with Crippen LogP contribution in [0, 0.1) is 5.92 Å². The number of nitrogens with two attached hydrogens (primary N) is 1. The first-order valence-electron chi connectivity index (χ1n) is 10.4. The van der Waals surface area contributed by atoms with Crippen molar-refractivity contribution in [3.63, 3.8) is 0 Å². The van der Waals surface area contributed by atoms with Crippen LogP contribution in [0.2, 0.25) is 0 Å². The summed E-state index contributed by atoms with van der Waals surface area (Å²) in [5, 5.41) is 4.90. The minimum absolute atomic E-state index is 0.119. The molecular weight excluding hydrogens is 398 g/mol. The molecular formula is C23H34N3O3S+. The molecule has 0 aliphatic rings. The molecule has 30 heavy (non-hydrogen) atoms. The van der Waals surface area contributed by atoms with Gasteiger partial charge in [0.1, 0.15) is 6.04 Å². The lowest BCUT2D eigenvalue weighted by molar-refractivity contribution is -0.692. The van der Waals surface area contributed by atoms with E-state index in [2.05, 4.69) is 55.7 Å². The van der Waals surface area contributed by atoms with Crippen molar-refractivity contribution in [1.29, 1.82) is 0 Å². The van der Waals surface area contributed by atoms with Gasteiger partial charge in [-0.05, 0) is 36.2 Å². The third kappa shape index (κ3) is 6.39. The summed E-state index contributed by atoms with van der Waals surface area (Å²) in [7, 11) is -0.497. The van der Waals surface area contributed by atoms with Crippen LogP contribution in [-0.2, 0) is 21.2 Å². The summed E-state index contributed by atoms with van der Waals surface area (Å²) in [6.07, 6.45) is 2.20.